The lowest BCUT2D eigenvalue weighted by molar-refractivity contribution is 1.46. The van der Waals surface area contributed by atoms with E-state index in [2.05, 4.69) is 45.6 Å². The molecule has 0 heterocycles. The first-order valence-electron chi connectivity index (χ1n) is 5.54. The molecule has 2 aromatic rings. The molecular weight excluding hydrogens is 308 g/mol. The van der Waals surface area contributed by atoms with Crippen LogP contribution in [0, 0.1) is 6.92 Å². The number of rotatable bonds is 2. The molecular formula is C14H13BrN2S. The number of hydrogen-bond donors (Lipinski definition) is 2. The third-order valence-electron chi connectivity index (χ3n) is 2.36. The largest absolute Gasteiger partial charge is 0.332 e. The molecule has 2 aromatic carbocycles. The van der Waals surface area contributed by atoms with Crippen molar-refractivity contribution in [3.05, 3.63) is 58.6 Å². The lowest BCUT2D eigenvalue weighted by atomic mass is 10.2. The number of halogens is 1. The van der Waals surface area contributed by atoms with Gasteiger partial charge in [-0.1, -0.05) is 34.1 Å². The van der Waals surface area contributed by atoms with Gasteiger partial charge in [0, 0.05) is 15.8 Å². The molecule has 2 nitrogen and oxygen atoms in total. The van der Waals surface area contributed by atoms with Gasteiger partial charge in [0.25, 0.3) is 0 Å². The van der Waals surface area contributed by atoms with Gasteiger partial charge in [0.15, 0.2) is 5.11 Å². The van der Waals surface area contributed by atoms with Crippen LogP contribution >= 0.6 is 28.1 Å². The minimum absolute atomic E-state index is 0.582. The molecule has 0 radical (unpaired) electrons. The van der Waals surface area contributed by atoms with Gasteiger partial charge < -0.3 is 10.6 Å². The minimum Gasteiger partial charge on any atom is -0.332 e. The highest BCUT2D eigenvalue weighted by atomic mass is 79.9. The summed E-state index contributed by atoms with van der Waals surface area (Å²) in [6.07, 6.45) is 0. The first-order valence-corrected chi connectivity index (χ1v) is 6.74. The van der Waals surface area contributed by atoms with Gasteiger partial charge >= 0.3 is 0 Å². The van der Waals surface area contributed by atoms with E-state index in [0.717, 1.165) is 15.8 Å². The molecule has 0 aromatic heterocycles. The normalized spacial score (nSPS) is 9.89. The average Bonchev–Trinajstić information content (AvgIpc) is 2.28. The molecule has 0 amide bonds. The number of thiocarbonyl (C=S) groups is 1. The van der Waals surface area contributed by atoms with Crippen LogP contribution in [0.4, 0.5) is 11.4 Å². The minimum atomic E-state index is 0.582. The Morgan fingerprint density at radius 3 is 2.22 bits per heavy atom. The van der Waals surface area contributed by atoms with Crippen molar-refractivity contribution in [2.75, 3.05) is 10.6 Å². The summed E-state index contributed by atoms with van der Waals surface area (Å²) in [6, 6.07) is 16.0. The summed E-state index contributed by atoms with van der Waals surface area (Å²) in [5.74, 6) is 0. The quantitative estimate of drug-likeness (QED) is 0.793. The van der Waals surface area contributed by atoms with Gasteiger partial charge in [0.1, 0.15) is 0 Å². The van der Waals surface area contributed by atoms with E-state index < -0.39 is 0 Å². The first-order chi connectivity index (χ1) is 8.63. The third-order valence-corrected chi connectivity index (χ3v) is 3.06. The molecule has 2 N–H and O–H groups in total. The molecule has 18 heavy (non-hydrogen) atoms. The van der Waals surface area contributed by atoms with Crippen LogP contribution in [-0.4, -0.2) is 5.11 Å². The second-order valence-corrected chi connectivity index (χ2v) is 5.28. The van der Waals surface area contributed by atoms with Crippen molar-refractivity contribution in [2.24, 2.45) is 0 Å². The Kier molecular flexibility index (Phi) is 4.33. The summed E-state index contributed by atoms with van der Waals surface area (Å²) in [5, 5.41) is 6.88. The van der Waals surface area contributed by atoms with Crippen LogP contribution in [0.1, 0.15) is 5.56 Å². The van der Waals surface area contributed by atoms with Crippen LogP contribution in [0.5, 0.6) is 0 Å². The highest BCUT2D eigenvalue weighted by Crippen LogP contribution is 2.16. The Bertz CT molecular complexity index is 520. The lowest BCUT2D eigenvalue weighted by Crippen LogP contribution is -2.18. The SMILES string of the molecule is Cc1cccc(NC(=S)Nc2cccc(Br)c2)c1. The molecule has 0 spiro atoms. The zero-order valence-corrected chi connectivity index (χ0v) is 12.3. The van der Waals surface area contributed by atoms with Gasteiger partial charge in [0.05, 0.1) is 0 Å². The maximum atomic E-state index is 5.27. The zero-order valence-electron chi connectivity index (χ0n) is 9.91. The molecule has 0 aliphatic rings. The number of nitrogens with one attached hydrogen (secondary N) is 2. The van der Waals surface area contributed by atoms with E-state index in [-0.39, 0.29) is 0 Å². The standard InChI is InChI=1S/C14H13BrN2S/c1-10-4-2-6-12(8-10)16-14(18)17-13-7-3-5-11(15)9-13/h2-9H,1H3,(H2,16,17,18). The van der Waals surface area contributed by atoms with Crippen LogP contribution in [0.15, 0.2) is 53.0 Å². The second kappa shape index (κ2) is 5.98. The Labute approximate surface area is 121 Å². The summed E-state index contributed by atoms with van der Waals surface area (Å²) in [4.78, 5) is 0. The van der Waals surface area contributed by atoms with Gasteiger partial charge in [-0.25, -0.2) is 0 Å². The average molecular weight is 321 g/mol. The number of anilines is 2. The van der Waals surface area contributed by atoms with Crippen molar-refractivity contribution in [3.63, 3.8) is 0 Å². The van der Waals surface area contributed by atoms with Crippen LogP contribution in [-0.2, 0) is 0 Å². The highest BCUT2D eigenvalue weighted by Gasteiger charge is 1.99. The van der Waals surface area contributed by atoms with Crippen molar-refractivity contribution in [1.82, 2.24) is 0 Å². The zero-order chi connectivity index (χ0) is 13.0. The first kappa shape index (κ1) is 13.1. The summed E-state index contributed by atoms with van der Waals surface area (Å²) in [5.41, 5.74) is 3.14. The fourth-order valence-corrected chi connectivity index (χ4v) is 2.22. The Morgan fingerprint density at radius 1 is 1.00 bits per heavy atom. The molecule has 0 atom stereocenters. The number of hydrogen-bond acceptors (Lipinski definition) is 1. The fraction of sp³-hybridized carbons (Fsp3) is 0.0714. The van der Waals surface area contributed by atoms with Crippen LogP contribution in [0.2, 0.25) is 0 Å². The summed E-state index contributed by atoms with van der Waals surface area (Å²) < 4.78 is 1.02. The molecule has 0 aliphatic heterocycles. The lowest BCUT2D eigenvalue weighted by Gasteiger charge is -2.11. The molecule has 0 saturated carbocycles. The van der Waals surface area contributed by atoms with E-state index in [1.807, 2.05) is 36.4 Å². The predicted molar refractivity (Wildman–Crippen MR) is 85.2 cm³/mol. The van der Waals surface area contributed by atoms with Gasteiger partial charge in [-0.15, -0.1) is 0 Å². The van der Waals surface area contributed by atoms with E-state index in [4.69, 9.17) is 12.2 Å². The van der Waals surface area contributed by atoms with Crippen LogP contribution in [0.25, 0.3) is 0 Å². The Morgan fingerprint density at radius 2 is 1.61 bits per heavy atom. The number of aryl methyl sites for hydroxylation is 1. The van der Waals surface area contributed by atoms with Crippen molar-refractivity contribution in [1.29, 1.82) is 0 Å². The number of benzene rings is 2. The predicted octanol–water partition coefficient (Wildman–Crippen LogP) is 4.57. The molecule has 0 aliphatic carbocycles. The molecule has 92 valence electrons. The molecule has 0 bridgehead atoms. The van der Waals surface area contributed by atoms with Gasteiger partial charge in [-0.05, 0) is 55.0 Å². The maximum absolute atomic E-state index is 5.27. The summed E-state index contributed by atoms with van der Waals surface area (Å²) >= 11 is 8.69. The van der Waals surface area contributed by atoms with Crippen molar-refractivity contribution in [2.45, 2.75) is 6.92 Å². The van der Waals surface area contributed by atoms with E-state index in [0.29, 0.717) is 5.11 Å². The summed E-state index contributed by atoms with van der Waals surface area (Å²) in [6.45, 7) is 2.05. The molecule has 4 heteroatoms. The smallest absolute Gasteiger partial charge is 0.175 e. The van der Waals surface area contributed by atoms with E-state index in [1.54, 1.807) is 0 Å². The van der Waals surface area contributed by atoms with Gasteiger partial charge in [0.2, 0.25) is 0 Å². The summed E-state index contributed by atoms with van der Waals surface area (Å²) in [7, 11) is 0. The molecule has 0 fully saturated rings. The van der Waals surface area contributed by atoms with Crippen molar-refractivity contribution in [3.8, 4) is 0 Å². The van der Waals surface area contributed by atoms with Gasteiger partial charge in [-0.3, -0.25) is 0 Å². The molecule has 0 saturated heterocycles. The monoisotopic (exact) mass is 320 g/mol. The fourth-order valence-electron chi connectivity index (χ4n) is 1.58. The van der Waals surface area contributed by atoms with Crippen LogP contribution < -0.4 is 10.6 Å². The second-order valence-electron chi connectivity index (χ2n) is 3.96. The third kappa shape index (κ3) is 3.82. The maximum Gasteiger partial charge on any atom is 0.175 e. The van der Waals surface area contributed by atoms with E-state index in [9.17, 15) is 0 Å². The Balaban J connectivity index is 2.01. The molecule has 0 unspecified atom stereocenters. The van der Waals surface area contributed by atoms with Crippen LogP contribution in [0.3, 0.4) is 0 Å². The van der Waals surface area contributed by atoms with E-state index in [1.165, 1.54) is 5.56 Å². The van der Waals surface area contributed by atoms with Crippen molar-refractivity contribution < 1.29 is 0 Å². The van der Waals surface area contributed by atoms with Gasteiger partial charge in [-0.2, -0.15) is 0 Å². The topological polar surface area (TPSA) is 24.1 Å². The Hall–Kier alpha value is -1.39. The van der Waals surface area contributed by atoms with E-state index >= 15 is 0 Å². The van der Waals surface area contributed by atoms with Crippen molar-refractivity contribution >= 4 is 44.6 Å². The highest BCUT2D eigenvalue weighted by molar-refractivity contribution is 9.10. The molecule has 2 rings (SSSR count).